The summed E-state index contributed by atoms with van der Waals surface area (Å²) in [6, 6.07) is 0. The average molecular weight is 224 g/mol. The minimum absolute atomic E-state index is 0.229. The van der Waals surface area contributed by atoms with Crippen LogP contribution in [0.15, 0.2) is 11.6 Å². The van der Waals surface area contributed by atoms with Crippen molar-refractivity contribution in [2.24, 2.45) is 5.92 Å². The smallest absolute Gasteiger partial charge is 0.231 e. The van der Waals surface area contributed by atoms with Crippen molar-refractivity contribution in [3.8, 4) is 0 Å². The number of thiazole rings is 1. The van der Waals surface area contributed by atoms with Gasteiger partial charge < -0.3 is 0 Å². The maximum Gasteiger partial charge on any atom is 0.231 e. The second-order valence-corrected chi connectivity index (χ2v) is 4.92. The minimum atomic E-state index is 0.229. The third kappa shape index (κ3) is 2.37. The van der Waals surface area contributed by atoms with E-state index >= 15 is 0 Å². The lowest BCUT2D eigenvalue weighted by Crippen LogP contribution is -2.33. The molecule has 0 saturated heterocycles. The number of anilines is 1. The first-order valence-corrected chi connectivity index (χ1v) is 6.34. The largest absolute Gasteiger partial charge is 0.291 e. The summed E-state index contributed by atoms with van der Waals surface area (Å²) in [5.41, 5.74) is 0. The van der Waals surface area contributed by atoms with Crippen LogP contribution in [0.4, 0.5) is 5.13 Å². The van der Waals surface area contributed by atoms with Crippen LogP contribution in [0, 0.1) is 5.92 Å². The Kier molecular flexibility index (Phi) is 3.36. The summed E-state index contributed by atoms with van der Waals surface area (Å²) in [5, 5.41) is 2.71. The van der Waals surface area contributed by atoms with E-state index in [0.29, 0.717) is 0 Å². The van der Waals surface area contributed by atoms with Gasteiger partial charge in [-0.3, -0.25) is 9.69 Å². The Morgan fingerprint density at radius 2 is 2.20 bits per heavy atom. The minimum Gasteiger partial charge on any atom is -0.291 e. The molecule has 0 aromatic carbocycles. The van der Waals surface area contributed by atoms with Crippen molar-refractivity contribution in [3.63, 3.8) is 0 Å². The van der Waals surface area contributed by atoms with Gasteiger partial charge in [-0.05, 0) is 12.8 Å². The summed E-state index contributed by atoms with van der Waals surface area (Å²) < 4.78 is 0. The molecule has 0 atom stereocenters. The summed E-state index contributed by atoms with van der Waals surface area (Å²) in [7, 11) is 1.83. The molecule has 0 unspecified atom stereocenters. The molecule has 1 heterocycles. The normalized spacial score (nSPS) is 17.7. The topological polar surface area (TPSA) is 33.2 Å². The third-order valence-corrected chi connectivity index (χ3v) is 3.84. The molecule has 0 aliphatic heterocycles. The molecule has 3 nitrogen and oxygen atoms in total. The number of hydrogen-bond acceptors (Lipinski definition) is 3. The Balaban J connectivity index is 2.00. The molecule has 0 bridgehead atoms. The molecular weight excluding hydrogens is 208 g/mol. The first-order valence-electron chi connectivity index (χ1n) is 5.46. The first-order chi connectivity index (χ1) is 7.29. The summed E-state index contributed by atoms with van der Waals surface area (Å²) >= 11 is 1.52. The highest BCUT2D eigenvalue weighted by Crippen LogP contribution is 2.27. The Morgan fingerprint density at radius 1 is 1.47 bits per heavy atom. The molecular formula is C11H16N2OS. The zero-order chi connectivity index (χ0) is 10.7. The summed E-state index contributed by atoms with van der Waals surface area (Å²) in [4.78, 5) is 18.0. The van der Waals surface area contributed by atoms with E-state index in [1.165, 1.54) is 30.6 Å². The summed E-state index contributed by atoms with van der Waals surface area (Å²) in [5.74, 6) is 0.470. The van der Waals surface area contributed by atoms with E-state index in [1.807, 2.05) is 12.4 Å². The molecule has 2 rings (SSSR count). The molecule has 1 aromatic heterocycles. The van der Waals surface area contributed by atoms with Gasteiger partial charge in [-0.25, -0.2) is 4.98 Å². The van der Waals surface area contributed by atoms with E-state index in [4.69, 9.17) is 0 Å². The molecule has 1 aliphatic rings. The molecule has 4 heteroatoms. The Bertz CT molecular complexity index is 317. The molecule has 0 N–H and O–H groups in total. The van der Waals surface area contributed by atoms with Gasteiger partial charge in [0, 0.05) is 24.5 Å². The van der Waals surface area contributed by atoms with Crippen LogP contribution in [-0.4, -0.2) is 17.9 Å². The zero-order valence-electron chi connectivity index (χ0n) is 8.98. The highest BCUT2D eigenvalue weighted by atomic mass is 32.1. The Morgan fingerprint density at radius 3 is 2.80 bits per heavy atom. The second kappa shape index (κ2) is 4.75. The van der Waals surface area contributed by atoms with Crippen molar-refractivity contribution in [2.75, 3.05) is 11.9 Å². The van der Waals surface area contributed by atoms with Crippen LogP contribution >= 0.6 is 11.3 Å². The number of carbonyl (C=O) groups is 1. The van der Waals surface area contributed by atoms with Crippen molar-refractivity contribution < 1.29 is 4.79 Å². The molecule has 0 radical (unpaired) electrons. The van der Waals surface area contributed by atoms with Crippen LogP contribution < -0.4 is 4.90 Å². The molecule has 82 valence electrons. The molecule has 1 saturated carbocycles. The molecule has 1 aromatic rings. The third-order valence-electron chi connectivity index (χ3n) is 2.99. The summed E-state index contributed by atoms with van der Waals surface area (Å²) in [6.07, 6.45) is 7.52. The number of nitrogens with zero attached hydrogens (tertiary/aromatic N) is 2. The molecule has 1 amide bonds. The van der Waals surface area contributed by atoms with E-state index in [2.05, 4.69) is 4.98 Å². The van der Waals surface area contributed by atoms with E-state index in [9.17, 15) is 4.79 Å². The number of rotatable bonds is 2. The highest BCUT2D eigenvalue weighted by Gasteiger charge is 2.25. The number of carbonyl (C=O) groups excluding carboxylic acids is 1. The van der Waals surface area contributed by atoms with Crippen LogP contribution in [0.2, 0.25) is 0 Å². The zero-order valence-corrected chi connectivity index (χ0v) is 9.80. The van der Waals surface area contributed by atoms with E-state index in [0.717, 1.165) is 18.0 Å². The lowest BCUT2D eigenvalue weighted by molar-refractivity contribution is -0.123. The van der Waals surface area contributed by atoms with Crippen LogP contribution in [0.5, 0.6) is 0 Å². The lowest BCUT2D eigenvalue weighted by atomic mass is 9.88. The van der Waals surface area contributed by atoms with Gasteiger partial charge in [-0.15, -0.1) is 11.3 Å². The van der Waals surface area contributed by atoms with Crippen molar-refractivity contribution in [1.82, 2.24) is 4.98 Å². The quantitative estimate of drug-likeness (QED) is 0.773. The fourth-order valence-corrected chi connectivity index (χ4v) is 2.71. The van der Waals surface area contributed by atoms with Crippen LogP contribution in [0.25, 0.3) is 0 Å². The van der Waals surface area contributed by atoms with Gasteiger partial charge >= 0.3 is 0 Å². The Hall–Kier alpha value is -0.900. The number of aromatic nitrogens is 1. The van der Waals surface area contributed by atoms with Crippen molar-refractivity contribution >= 4 is 22.4 Å². The molecule has 0 spiro atoms. The van der Waals surface area contributed by atoms with Gasteiger partial charge in [-0.1, -0.05) is 19.3 Å². The predicted octanol–water partition coefficient (Wildman–Crippen LogP) is 2.69. The van der Waals surface area contributed by atoms with Crippen LogP contribution in [0.1, 0.15) is 32.1 Å². The maximum absolute atomic E-state index is 12.1. The van der Waals surface area contributed by atoms with Gasteiger partial charge in [0.05, 0.1) is 0 Å². The van der Waals surface area contributed by atoms with Gasteiger partial charge in [0.1, 0.15) is 0 Å². The fraction of sp³-hybridized carbons (Fsp3) is 0.636. The summed E-state index contributed by atoms with van der Waals surface area (Å²) in [6.45, 7) is 0. The predicted molar refractivity (Wildman–Crippen MR) is 62.1 cm³/mol. The second-order valence-electron chi connectivity index (χ2n) is 4.05. The van der Waals surface area contributed by atoms with Gasteiger partial charge in [0.15, 0.2) is 5.13 Å². The standard InChI is InChI=1S/C11H16N2OS/c1-13(11-12-7-8-15-11)10(14)9-5-3-2-4-6-9/h7-9H,2-6H2,1H3. The van der Waals surface area contributed by atoms with Gasteiger partial charge in [0.25, 0.3) is 0 Å². The number of amides is 1. The van der Waals surface area contributed by atoms with Crippen LogP contribution in [0.3, 0.4) is 0 Å². The highest BCUT2D eigenvalue weighted by molar-refractivity contribution is 7.13. The average Bonchev–Trinajstić information content (AvgIpc) is 2.82. The number of hydrogen-bond donors (Lipinski definition) is 0. The maximum atomic E-state index is 12.1. The van der Waals surface area contributed by atoms with Crippen molar-refractivity contribution in [2.45, 2.75) is 32.1 Å². The monoisotopic (exact) mass is 224 g/mol. The van der Waals surface area contributed by atoms with Crippen LogP contribution in [-0.2, 0) is 4.79 Å². The van der Waals surface area contributed by atoms with Gasteiger partial charge in [0.2, 0.25) is 5.91 Å². The fourth-order valence-electron chi connectivity index (χ4n) is 2.10. The van der Waals surface area contributed by atoms with E-state index in [-0.39, 0.29) is 11.8 Å². The van der Waals surface area contributed by atoms with E-state index < -0.39 is 0 Å². The molecule has 1 aliphatic carbocycles. The Labute approximate surface area is 94.1 Å². The van der Waals surface area contributed by atoms with Crippen molar-refractivity contribution in [3.05, 3.63) is 11.6 Å². The molecule has 1 fully saturated rings. The SMILES string of the molecule is CN(C(=O)C1CCCCC1)c1nccs1. The van der Waals surface area contributed by atoms with E-state index in [1.54, 1.807) is 11.1 Å². The molecule has 15 heavy (non-hydrogen) atoms. The van der Waals surface area contributed by atoms with Gasteiger partial charge in [-0.2, -0.15) is 0 Å². The first kappa shape index (κ1) is 10.6. The van der Waals surface area contributed by atoms with Crippen molar-refractivity contribution in [1.29, 1.82) is 0 Å². The lowest BCUT2D eigenvalue weighted by Gasteiger charge is -2.24.